The van der Waals surface area contributed by atoms with E-state index in [1.807, 2.05) is 0 Å². The zero-order valence-corrected chi connectivity index (χ0v) is 12.1. The van der Waals surface area contributed by atoms with Crippen LogP contribution < -0.4 is 5.32 Å². The Morgan fingerprint density at radius 2 is 1.90 bits per heavy atom. The van der Waals surface area contributed by atoms with Crippen LogP contribution in [0, 0.1) is 0 Å². The Morgan fingerprint density at radius 3 is 2.40 bits per heavy atom. The lowest BCUT2D eigenvalue weighted by Gasteiger charge is -2.23. The van der Waals surface area contributed by atoms with E-state index in [-0.39, 0.29) is 12.0 Å². The van der Waals surface area contributed by atoms with Gasteiger partial charge in [-0.25, -0.2) is 4.79 Å². The molecule has 2 atom stereocenters. The van der Waals surface area contributed by atoms with Gasteiger partial charge in [0.25, 0.3) is 0 Å². The van der Waals surface area contributed by atoms with E-state index < -0.39 is 24.0 Å². The third-order valence-electron chi connectivity index (χ3n) is 2.50. The van der Waals surface area contributed by atoms with Crippen molar-refractivity contribution >= 4 is 23.5 Å². The fraction of sp³-hybridized carbons (Fsp3) is 0.429. The molecule has 0 heterocycles. The standard InChI is InChI=1S/C14H18ClNO4/c1-9(2)20-14(19)12(16-11(17)8-15)13(18)10-6-4-3-5-7-10/h3-7,9,12-13,18H,8H2,1-2H3,(H,16,17)/t12-,13+/m1/s1. The highest BCUT2D eigenvalue weighted by Gasteiger charge is 2.31. The number of ether oxygens (including phenoxy) is 1. The number of esters is 1. The van der Waals surface area contributed by atoms with Crippen LogP contribution in [0.4, 0.5) is 0 Å². The first-order chi connectivity index (χ1) is 9.45. The molecule has 0 unspecified atom stereocenters. The molecule has 20 heavy (non-hydrogen) atoms. The highest BCUT2D eigenvalue weighted by atomic mass is 35.5. The second-order valence-corrected chi connectivity index (χ2v) is 4.79. The number of amides is 1. The van der Waals surface area contributed by atoms with Crippen LogP contribution in [0.15, 0.2) is 30.3 Å². The maximum absolute atomic E-state index is 12.0. The van der Waals surface area contributed by atoms with Gasteiger partial charge in [-0.3, -0.25) is 4.79 Å². The summed E-state index contributed by atoms with van der Waals surface area (Å²) in [7, 11) is 0. The Bertz CT molecular complexity index is 450. The first-order valence-corrected chi connectivity index (χ1v) is 6.78. The minimum Gasteiger partial charge on any atom is -0.461 e. The monoisotopic (exact) mass is 299 g/mol. The molecule has 0 saturated carbocycles. The molecule has 1 amide bonds. The molecule has 110 valence electrons. The number of rotatable bonds is 6. The van der Waals surface area contributed by atoms with E-state index in [0.29, 0.717) is 5.56 Å². The van der Waals surface area contributed by atoms with Crippen LogP contribution in [-0.2, 0) is 14.3 Å². The quantitative estimate of drug-likeness (QED) is 0.615. The molecule has 0 aromatic heterocycles. The Labute approximate surface area is 122 Å². The average molecular weight is 300 g/mol. The molecule has 0 saturated heterocycles. The topological polar surface area (TPSA) is 75.6 Å². The highest BCUT2D eigenvalue weighted by Crippen LogP contribution is 2.18. The van der Waals surface area contributed by atoms with Crippen molar-refractivity contribution in [1.82, 2.24) is 5.32 Å². The zero-order chi connectivity index (χ0) is 15.1. The minimum absolute atomic E-state index is 0.299. The van der Waals surface area contributed by atoms with E-state index in [9.17, 15) is 14.7 Å². The number of aliphatic hydroxyl groups is 1. The summed E-state index contributed by atoms with van der Waals surface area (Å²) in [5, 5.41) is 12.6. The molecule has 0 radical (unpaired) electrons. The number of alkyl halides is 1. The normalized spacial score (nSPS) is 13.7. The van der Waals surface area contributed by atoms with Gasteiger partial charge in [-0.05, 0) is 19.4 Å². The second-order valence-electron chi connectivity index (χ2n) is 4.52. The molecule has 1 aromatic rings. The summed E-state index contributed by atoms with van der Waals surface area (Å²) in [6, 6.07) is 7.38. The molecule has 0 spiro atoms. The summed E-state index contributed by atoms with van der Waals surface area (Å²) in [6.07, 6.45) is -1.55. The number of halogens is 1. The fourth-order valence-electron chi connectivity index (χ4n) is 1.63. The molecule has 5 nitrogen and oxygen atoms in total. The molecule has 0 aliphatic heterocycles. The molecule has 6 heteroatoms. The molecule has 0 aliphatic carbocycles. The third kappa shape index (κ3) is 4.83. The van der Waals surface area contributed by atoms with Crippen molar-refractivity contribution in [2.24, 2.45) is 0 Å². The van der Waals surface area contributed by atoms with E-state index in [2.05, 4.69) is 5.32 Å². The Balaban J connectivity index is 2.91. The number of hydrogen-bond acceptors (Lipinski definition) is 4. The molecule has 0 aliphatic rings. The van der Waals surface area contributed by atoms with Crippen LogP contribution in [0.1, 0.15) is 25.5 Å². The van der Waals surface area contributed by atoms with Gasteiger partial charge in [0.1, 0.15) is 12.0 Å². The lowest BCUT2D eigenvalue weighted by Crippen LogP contribution is -2.47. The van der Waals surface area contributed by atoms with Crippen LogP contribution in [0.3, 0.4) is 0 Å². The van der Waals surface area contributed by atoms with Crippen LogP contribution in [-0.4, -0.2) is 35.0 Å². The summed E-state index contributed by atoms with van der Waals surface area (Å²) in [4.78, 5) is 23.4. The largest absolute Gasteiger partial charge is 0.461 e. The first-order valence-electron chi connectivity index (χ1n) is 6.24. The van der Waals surface area contributed by atoms with Crippen LogP contribution >= 0.6 is 11.6 Å². The predicted octanol–water partition coefficient (Wildman–Crippen LogP) is 1.40. The van der Waals surface area contributed by atoms with Gasteiger partial charge in [-0.15, -0.1) is 11.6 Å². The summed E-state index contributed by atoms with van der Waals surface area (Å²) in [5.41, 5.74) is 0.507. The molecular formula is C14H18ClNO4. The number of benzene rings is 1. The van der Waals surface area contributed by atoms with E-state index in [1.54, 1.807) is 44.2 Å². The summed E-state index contributed by atoms with van der Waals surface area (Å²) in [6.45, 7) is 3.38. The smallest absolute Gasteiger partial charge is 0.331 e. The zero-order valence-electron chi connectivity index (χ0n) is 11.4. The van der Waals surface area contributed by atoms with Crippen molar-refractivity contribution in [3.8, 4) is 0 Å². The summed E-state index contributed by atoms with van der Waals surface area (Å²) in [5.74, 6) is -1.55. The maximum atomic E-state index is 12.0. The predicted molar refractivity (Wildman–Crippen MR) is 75.3 cm³/mol. The van der Waals surface area contributed by atoms with Crippen LogP contribution in [0.25, 0.3) is 0 Å². The number of hydrogen-bond donors (Lipinski definition) is 2. The fourth-order valence-corrected chi connectivity index (χ4v) is 1.70. The Kier molecular flexibility index (Phi) is 6.48. The maximum Gasteiger partial charge on any atom is 0.331 e. The molecular weight excluding hydrogens is 282 g/mol. The van der Waals surface area contributed by atoms with Gasteiger partial charge in [-0.2, -0.15) is 0 Å². The summed E-state index contributed by atoms with van der Waals surface area (Å²) < 4.78 is 5.04. The van der Waals surface area contributed by atoms with Crippen molar-refractivity contribution in [3.05, 3.63) is 35.9 Å². The SMILES string of the molecule is CC(C)OC(=O)[C@H](NC(=O)CCl)[C@@H](O)c1ccccc1. The lowest BCUT2D eigenvalue weighted by molar-refractivity contribution is -0.154. The number of carbonyl (C=O) groups is 2. The molecule has 2 N–H and O–H groups in total. The highest BCUT2D eigenvalue weighted by molar-refractivity contribution is 6.27. The number of aliphatic hydroxyl groups excluding tert-OH is 1. The van der Waals surface area contributed by atoms with Crippen LogP contribution in [0.2, 0.25) is 0 Å². The van der Waals surface area contributed by atoms with Gasteiger partial charge in [0.05, 0.1) is 6.10 Å². The molecule has 1 rings (SSSR count). The van der Waals surface area contributed by atoms with Gasteiger partial charge >= 0.3 is 5.97 Å². The van der Waals surface area contributed by atoms with Crippen LogP contribution in [0.5, 0.6) is 0 Å². The number of nitrogens with one attached hydrogen (secondary N) is 1. The molecule has 0 bridgehead atoms. The van der Waals surface area contributed by atoms with Gasteiger partial charge in [0.2, 0.25) is 5.91 Å². The molecule has 1 aromatic carbocycles. The van der Waals surface area contributed by atoms with E-state index in [0.717, 1.165) is 0 Å². The lowest BCUT2D eigenvalue weighted by atomic mass is 10.0. The van der Waals surface area contributed by atoms with Crippen molar-refractivity contribution < 1.29 is 19.4 Å². The minimum atomic E-state index is -1.20. The Morgan fingerprint density at radius 1 is 1.30 bits per heavy atom. The van der Waals surface area contributed by atoms with Gasteiger partial charge < -0.3 is 15.2 Å². The van der Waals surface area contributed by atoms with Gasteiger partial charge in [0, 0.05) is 0 Å². The molecule has 0 fully saturated rings. The third-order valence-corrected chi connectivity index (χ3v) is 2.74. The Hall–Kier alpha value is -1.59. The van der Waals surface area contributed by atoms with E-state index in [4.69, 9.17) is 16.3 Å². The van der Waals surface area contributed by atoms with Crippen molar-refractivity contribution in [1.29, 1.82) is 0 Å². The van der Waals surface area contributed by atoms with Crippen molar-refractivity contribution in [2.75, 3.05) is 5.88 Å². The number of carbonyl (C=O) groups excluding carboxylic acids is 2. The van der Waals surface area contributed by atoms with Crippen molar-refractivity contribution in [3.63, 3.8) is 0 Å². The summed E-state index contributed by atoms with van der Waals surface area (Å²) >= 11 is 5.41. The van der Waals surface area contributed by atoms with Crippen molar-refractivity contribution in [2.45, 2.75) is 32.1 Å². The van der Waals surface area contributed by atoms with E-state index in [1.165, 1.54) is 0 Å². The van der Waals surface area contributed by atoms with E-state index >= 15 is 0 Å². The van der Waals surface area contributed by atoms with Gasteiger partial charge in [0.15, 0.2) is 6.04 Å². The van der Waals surface area contributed by atoms with Gasteiger partial charge in [-0.1, -0.05) is 30.3 Å². The average Bonchev–Trinajstić information content (AvgIpc) is 2.43. The second kappa shape index (κ2) is 7.87. The first kappa shape index (κ1) is 16.5.